The highest BCUT2D eigenvalue weighted by atomic mass is 16.7. The normalized spacial score (nSPS) is 30.3. The lowest BCUT2D eigenvalue weighted by Gasteiger charge is -2.47. The number of rotatable bonds is 15. The highest BCUT2D eigenvalue weighted by Gasteiger charge is 2.56. The van der Waals surface area contributed by atoms with Crippen LogP contribution in [0.3, 0.4) is 0 Å². The molecule has 0 bridgehead atoms. The van der Waals surface area contributed by atoms with Crippen molar-refractivity contribution in [2.45, 2.75) is 86.7 Å². The van der Waals surface area contributed by atoms with Crippen molar-refractivity contribution in [2.75, 3.05) is 19.8 Å². The zero-order valence-corrected chi connectivity index (χ0v) is 27.5. The highest BCUT2D eigenvalue weighted by molar-refractivity contribution is 5.94. The van der Waals surface area contributed by atoms with Crippen LogP contribution >= 0.6 is 0 Å². The van der Waals surface area contributed by atoms with Gasteiger partial charge in [-0.2, -0.15) is 0 Å². The topological polar surface area (TPSA) is 263 Å². The predicted molar refractivity (Wildman–Crippen MR) is 173 cm³/mol. The van der Waals surface area contributed by atoms with Crippen LogP contribution in [0.1, 0.15) is 30.1 Å². The van der Waals surface area contributed by atoms with Crippen molar-refractivity contribution >= 4 is 17.8 Å². The second-order valence-corrected chi connectivity index (χ2v) is 12.0. The third kappa shape index (κ3) is 9.99. The van der Waals surface area contributed by atoms with E-state index in [0.29, 0.717) is 11.5 Å². The summed E-state index contributed by atoms with van der Waals surface area (Å²) < 4.78 is 27.8. The summed E-state index contributed by atoms with van der Waals surface area (Å²) in [6.45, 7) is -0.373. The molecular weight excluding hydrogens is 676 g/mol. The number of aliphatic hydroxyl groups excluding tert-OH is 6. The minimum Gasteiger partial charge on any atom is -0.477 e. The van der Waals surface area contributed by atoms with Crippen LogP contribution in [0.25, 0.3) is 0 Å². The Labute approximate surface area is 292 Å². The second kappa shape index (κ2) is 17.8. The summed E-state index contributed by atoms with van der Waals surface area (Å²) in [5.41, 5.74) is 0.150. The van der Waals surface area contributed by atoms with Crippen molar-refractivity contribution in [2.24, 2.45) is 0 Å². The minimum absolute atomic E-state index is 0.0784. The highest BCUT2D eigenvalue weighted by Crippen LogP contribution is 2.35. The molecule has 0 unspecified atom stereocenters. The zero-order valence-electron chi connectivity index (χ0n) is 27.5. The Bertz CT molecular complexity index is 1520. The first kappa shape index (κ1) is 39.6. The lowest BCUT2D eigenvalue weighted by atomic mass is 9.88. The van der Waals surface area contributed by atoms with Crippen molar-refractivity contribution in [3.8, 4) is 23.8 Å². The third-order valence-electron chi connectivity index (χ3n) is 8.22. The summed E-state index contributed by atoms with van der Waals surface area (Å²) in [4.78, 5) is 37.6. The SMILES string of the molecule is C#CCCO[C@@H]1O[C@H](CO[C@]2(C(=O)O)C[C@@H](O)[C@H](NC(C)=O)[C@@H]([C@@H](O)[C@@H](O)CNC(=O)c3cccc(Oc4ccccc4)c3)O2)[C@H](O)[C@H](O)[C@H]1O. The molecule has 17 nitrogen and oxygen atoms in total. The Balaban J connectivity index is 1.46. The Morgan fingerprint density at radius 2 is 1.73 bits per heavy atom. The van der Waals surface area contributed by atoms with E-state index in [2.05, 4.69) is 16.6 Å². The quantitative estimate of drug-likeness (QED) is 0.0729. The number of hydrogen-bond donors (Lipinski definition) is 9. The van der Waals surface area contributed by atoms with Gasteiger partial charge in [0.15, 0.2) is 6.29 Å². The van der Waals surface area contributed by atoms with Gasteiger partial charge in [0.1, 0.15) is 48.1 Å². The Morgan fingerprint density at radius 1 is 1.02 bits per heavy atom. The molecule has 2 aromatic rings. The molecule has 278 valence electrons. The Hall–Kier alpha value is -4.19. The summed E-state index contributed by atoms with van der Waals surface area (Å²) >= 11 is 0. The molecule has 2 saturated heterocycles. The summed E-state index contributed by atoms with van der Waals surface area (Å²) in [6, 6.07) is 13.5. The van der Waals surface area contributed by atoms with Crippen LogP contribution in [0.2, 0.25) is 0 Å². The fourth-order valence-electron chi connectivity index (χ4n) is 5.56. The van der Waals surface area contributed by atoms with Gasteiger partial charge in [-0.15, -0.1) is 12.3 Å². The molecule has 0 aromatic heterocycles. The molecule has 2 amide bonds. The van der Waals surface area contributed by atoms with Gasteiger partial charge in [0, 0.05) is 31.9 Å². The van der Waals surface area contributed by atoms with Crippen LogP contribution < -0.4 is 15.4 Å². The lowest BCUT2D eigenvalue weighted by Crippen LogP contribution is -2.68. The number of terminal acetylenes is 1. The smallest absolute Gasteiger partial charge is 0.364 e. The Kier molecular flexibility index (Phi) is 13.8. The van der Waals surface area contributed by atoms with E-state index >= 15 is 0 Å². The van der Waals surface area contributed by atoms with E-state index in [4.69, 9.17) is 30.1 Å². The molecule has 2 heterocycles. The van der Waals surface area contributed by atoms with Crippen molar-refractivity contribution in [3.05, 3.63) is 60.2 Å². The van der Waals surface area contributed by atoms with Crippen LogP contribution in [0.4, 0.5) is 0 Å². The van der Waals surface area contributed by atoms with Gasteiger partial charge in [0.05, 0.1) is 31.5 Å². The summed E-state index contributed by atoms with van der Waals surface area (Å²) in [5, 5.41) is 79.3. The van der Waals surface area contributed by atoms with E-state index in [1.807, 2.05) is 6.07 Å². The molecule has 4 rings (SSSR count). The largest absolute Gasteiger partial charge is 0.477 e. The average molecular weight is 719 g/mol. The van der Waals surface area contributed by atoms with E-state index in [-0.39, 0.29) is 18.6 Å². The van der Waals surface area contributed by atoms with Crippen molar-refractivity contribution in [3.63, 3.8) is 0 Å². The number of benzene rings is 2. The summed E-state index contributed by atoms with van der Waals surface area (Å²) in [6.07, 6.45) is -11.2. The number of aliphatic hydroxyl groups is 6. The van der Waals surface area contributed by atoms with E-state index in [1.54, 1.807) is 36.4 Å². The van der Waals surface area contributed by atoms with Gasteiger partial charge in [0.2, 0.25) is 5.91 Å². The number of carbonyl (C=O) groups excluding carboxylic acids is 2. The number of ether oxygens (including phenoxy) is 5. The van der Waals surface area contributed by atoms with Gasteiger partial charge < -0.3 is 70.1 Å². The number of hydrogen-bond acceptors (Lipinski definition) is 14. The number of amides is 2. The maximum atomic E-state index is 12.9. The van der Waals surface area contributed by atoms with Crippen molar-refractivity contribution < 1.29 is 73.8 Å². The average Bonchev–Trinajstić information content (AvgIpc) is 3.11. The summed E-state index contributed by atoms with van der Waals surface area (Å²) in [7, 11) is 0. The monoisotopic (exact) mass is 718 g/mol. The van der Waals surface area contributed by atoms with E-state index in [0.717, 1.165) is 6.92 Å². The molecule has 2 aromatic carbocycles. The van der Waals surface area contributed by atoms with Gasteiger partial charge >= 0.3 is 5.97 Å². The molecule has 2 aliphatic rings. The van der Waals surface area contributed by atoms with Crippen LogP contribution in [-0.2, 0) is 28.5 Å². The summed E-state index contributed by atoms with van der Waals surface area (Å²) in [5.74, 6) is -2.70. The van der Waals surface area contributed by atoms with Crippen LogP contribution in [0, 0.1) is 12.3 Å². The van der Waals surface area contributed by atoms with Gasteiger partial charge in [-0.3, -0.25) is 9.59 Å². The Morgan fingerprint density at radius 3 is 2.39 bits per heavy atom. The number of para-hydroxylation sites is 1. The van der Waals surface area contributed by atoms with E-state index in [9.17, 15) is 50.1 Å². The molecular formula is C34H42N2O15. The van der Waals surface area contributed by atoms with Crippen LogP contribution in [0.5, 0.6) is 11.5 Å². The standard InChI is InChI=1S/C34H42N2O15/c1-3-4-13-47-32-29(43)28(42)27(41)24(50-32)17-48-34(33(45)46)15-22(38)25(36-18(2)37)30(51-34)26(40)23(39)16-35-31(44)19-9-8-12-21(14-19)49-20-10-6-5-7-11-20/h1,5-12,14,22-30,32,38-43H,4,13,15-17H2,2H3,(H,35,44)(H,36,37)(H,45,46)/t22-,23+,24-,25+,26+,27+,28+,29-,30+,32-,34-/m1/s1. The van der Waals surface area contributed by atoms with Crippen molar-refractivity contribution in [1.29, 1.82) is 0 Å². The molecule has 0 aliphatic carbocycles. The number of carbonyl (C=O) groups is 3. The zero-order chi connectivity index (χ0) is 37.3. The number of carboxylic acids is 1. The number of nitrogens with one attached hydrogen (secondary N) is 2. The van der Waals surface area contributed by atoms with Gasteiger partial charge in [-0.05, 0) is 30.3 Å². The maximum Gasteiger partial charge on any atom is 0.364 e. The third-order valence-corrected chi connectivity index (χ3v) is 8.22. The molecule has 2 aliphatic heterocycles. The molecule has 2 fully saturated rings. The molecule has 9 N–H and O–H groups in total. The number of aliphatic carboxylic acids is 1. The first-order chi connectivity index (χ1) is 24.3. The number of carboxylic acid groups (broad SMARTS) is 1. The molecule has 0 radical (unpaired) electrons. The molecule has 0 saturated carbocycles. The maximum absolute atomic E-state index is 12.9. The van der Waals surface area contributed by atoms with Gasteiger partial charge in [0.25, 0.3) is 11.7 Å². The molecule has 11 atom stereocenters. The fourth-order valence-corrected chi connectivity index (χ4v) is 5.56. The van der Waals surface area contributed by atoms with E-state index < -0.39 is 104 Å². The van der Waals surface area contributed by atoms with Gasteiger partial charge in [-0.25, -0.2) is 4.79 Å². The van der Waals surface area contributed by atoms with Crippen LogP contribution in [-0.4, -0.2) is 140 Å². The van der Waals surface area contributed by atoms with Gasteiger partial charge in [-0.1, -0.05) is 24.3 Å². The molecule has 17 heteroatoms. The lowest BCUT2D eigenvalue weighted by molar-refractivity contribution is -0.338. The first-order valence-corrected chi connectivity index (χ1v) is 16.0. The van der Waals surface area contributed by atoms with E-state index in [1.165, 1.54) is 12.1 Å². The first-order valence-electron chi connectivity index (χ1n) is 16.0. The second-order valence-electron chi connectivity index (χ2n) is 12.0. The minimum atomic E-state index is -2.76. The molecule has 51 heavy (non-hydrogen) atoms. The fraction of sp³-hybridized carbons (Fsp3) is 0.500. The molecule has 0 spiro atoms. The van der Waals surface area contributed by atoms with Crippen LogP contribution in [0.15, 0.2) is 54.6 Å². The van der Waals surface area contributed by atoms with Crippen molar-refractivity contribution in [1.82, 2.24) is 10.6 Å². The predicted octanol–water partition coefficient (Wildman–Crippen LogP) is -1.77.